The van der Waals surface area contributed by atoms with E-state index in [1.54, 1.807) is 12.1 Å². The maximum Gasteiger partial charge on any atom is 0.342 e. The van der Waals surface area contributed by atoms with Crippen LogP contribution in [0.3, 0.4) is 0 Å². The van der Waals surface area contributed by atoms with E-state index in [1.807, 2.05) is 48.5 Å². The Labute approximate surface area is 143 Å². The fraction of sp³-hybridized carbons (Fsp3) is 0.0500. The molecular weight excluding hydrogens is 324 g/mol. The standard InChI is InChI=1S/C20H13ClO3/c1-23-20(22)18-17-15-5-3-2-4-12(15)8-11-16(17)24-19(18)13-6-9-14(21)10-7-13/h2-11H,1H3. The molecule has 3 aromatic carbocycles. The fourth-order valence-corrected chi connectivity index (χ4v) is 3.10. The number of esters is 1. The van der Waals surface area contributed by atoms with E-state index >= 15 is 0 Å². The van der Waals surface area contributed by atoms with Crippen molar-refractivity contribution in [2.24, 2.45) is 0 Å². The van der Waals surface area contributed by atoms with Gasteiger partial charge < -0.3 is 9.15 Å². The van der Waals surface area contributed by atoms with Crippen LogP contribution < -0.4 is 0 Å². The highest BCUT2D eigenvalue weighted by Gasteiger charge is 2.24. The van der Waals surface area contributed by atoms with Crippen molar-refractivity contribution in [3.8, 4) is 11.3 Å². The summed E-state index contributed by atoms with van der Waals surface area (Å²) in [5.41, 5.74) is 1.87. The molecule has 0 unspecified atom stereocenters. The van der Waals surface area contributed by atoms with Crippen molar-refractivity contribution < 1.29 is 13.9 Å². The highest BCUT2D eigenvalue weighted by molar-refractivity contribution is 6.30. The number of carbonyl (C=O) groups is 1. The molecule has 0 saturated heterocycles. The molecule has 24 heavy (non-hydrogen) atoms. The van der Waals surface area contributed by atoms with Gasteiger partial charge in [-0.25, -0.2) is 4.79 Å². The van der Waals surface area contributed by atoms with Crippen LogP contribution in [0.5, 0.6) is 0 Å². The highest BCUT2D eigenvalue weighted by Crippen LogP contribution is 2.38. The zero-order chi connectivity index (χ0) is 16.7. The van der Waals surface area contributed by atoms with Crippen molar-refractivity contribution in [3.05, 3.63) is 71.2 Å². The molecule has 4 rings (SSSR count). The SMILES string of the molecule is COC(=O)c1c(-c2ccc(Cl)cc2)oc2ccc3ccccc3c12. The van der Waals surface area contributed by atoms with Crippen molar-refractivity contribution >= 4 is 39.3 Å². The topological polar surface area (TPSA) is 39.4 Å². The van der Waals surface area contributed by atoms with Gasteiger partial charge in [-0.3, -0.25) is 0 Å². The lowest BCUT2D eigenvalue weighted by Gasteiger charge is -2.03. The number of benzene rings is 3. The largest absolute Gasteiger partial charge is 0.465 e. The van der Waals surface area contributed by atoms with Gasteiger partial charge in [-0.15, -0.1) is 0 Å². The summed E-state index contributed by atoms with van der Waals surface area (Å²) < 4.78 is 11.0. The lowest BCUT2D eigenvalue weighted by molar-refractivity contribution is 0.0603. The third-order valence-corrected chi connectivity index (χ3v) is 4.33. The summed E-state index contributed by atoms with van der Waals surface area (Å²) in [6.07, 6.45) is 0. The van der Waals surface area contributed by atoms with E-state index in [2.05, 4.69) is 0 Å². The number of fused-ring (bicyclic) bond motifs is 3. The number of furan rings is 1. The first-order valence-electron chi connectivity index (χ1n) is 7.47. The molecule has 0 spiro atoms. The van der Waals surface area contributed by atoms with Crippen LogP contribution in [0, 0.1) is 0 Å². The summed E-state index contributed by atoms with van der Waals surface area (Å²) in [5.74, 6) is 0.0694. The number of hydrogen-bond acceptors (Lipinski definition) is 3. The Hall–Kier alpha value is -2.78. The minimum atomic E-state index is -0.421. The van der Waals surface area contributed by atoms with E-state index in [9.17, 15) is 4.79 Å². The molecule has 0 aliphatic carbocycles. The van der Waals surface area contributed by atoms with Crippen LogP contribution in [0.1, 0.15) is 10.4 Å². The Balaban J connectivity index is 2.12. The van der Waals surface area contributed by atoms with Gasteiger partial charge in [0, 0.05) is 16.0 Å². The molecule has 0 N–H and O–H groups in total. The van der Waals surface area contributed by atoms with Crippen molar-refractivity contribution in [2.45, 2.75) is 0 Å². The molecule has 4 heteroatoms. The lowest BCUT2D eigenvalue weighted by atomic mass is 10.0. The summed E-state index contributed by atoms with van der Waals surface area (Å²) in [5, 5.41) is 3.39. The fourth-order valence-electron chi connectivity index (χ4n) is 2.97. The third kappa shape index (κ3) is 2.25. The Morgan fingerprint density at radius 1 is 1.00 bits per heavy atom. The Morgan fingerprint density at radius 3 is 2.50 bits per heavy atom. The van der Waals surface area contributed by atoms with Crippen molar-refractivity contribution in [2.75, 3.05) is 7.11 Å². The lowest BCUT2D eigenvalue weighted by Crippen LogP contribution is -2.02. The summed E-state index contributed by atoms with van der Waals surface area (Å²) in [6.45, 7) is 0. The zero-order valence-electron chi connectivity index (χ0n) is 12.9. The molecule has 0 atom stereocenters. The smallest absolute Gasteiger partial charge is 0.342 e. The van der Waals surface area contributed by atoms with E-state index < -0.39 is 5.97 Å². The second kappa shape index (κ2) is 5.69. The van der Waals surface area contributed by atoms with Gasteiger partial charge in [0.1, 0.15) is 16.9 Å². The maximum atomic E-state index is 12.5. The van der Waals surface area contributed by atoms with Crippen LogP contribution in [0.15, 0.2) is 65.1 Å². The number of ether oxygens (including phenoxy) is 1. The van der Waals surface area contributed by atoms with Gasteiger partial charge >= 0.3 is 5.97 Å². The molecule has 0 aliphatic heterocycles. The van der Waals surface area contributed by atoms with Gasteiger partial charge in [-0.2, -0.15) is 0 Å². The van der Waals surface area contributed by atoms with Gasteiger partial charge in [0.2, 0.25) is 0 Å². The van der Waals surface area contributed by atoms with E-state index in [0.717, 1.165) is 21.7 Å². The number of halogens is 1. The predicted octanol–water partition coefficient (Wildman–Crippen LogP) is 5.69. The van der Waals surface area contributed by atoms with Crippen LogP contribution in [-0.4, -0.2) is 13.1 Å². The molecule has 4 aromatic rings. The first-order valence-corrected chi connectivity index (χ1v) is 7.85. The average Bonchev–Trinajstić information content (AvgIpc) is 3.01. The molecule has 0 amide bonds. The van der Waals surface area contributed by atoms with Crippen LogP contribution >= 0.6 is 11.6 Å². The van der Waals surface area contributed by atoms with Gasteiger partial charge in [-0.05, 0) is 41.1 Å². The monoisotopic (exact) mass is 336 g/mol. The van der Waals surface area contributed by atoms with Gasteiger partial charge in [0.05, 0.1) is 7.11 Å². The Kier molecular flexibility index (Phi) is 3.51. The molecule has 118 valence electrons. The predicted molar refractivity (Wildman–Crippen MR) is 95.5 cm³/mol. The number of rotatable bonds is 2. The normalized spacial score (nSPS) is 11.1. The molecule has 1 heterocycles. The molecule has 3 nitrogen and oxygen atoms in total. The van der Waals surface area contributed by atoms with E-state index in [4.69, 9.17) is 20.8 Å². The van der Waals surface area contributed by atoms with Crippen molar-refractivity contribution in [1.29, 1.82) is 0 Å². The van der Waals surface area contributed by atoms with Gasteiger partial charge in [-0.1, -0.05) is 41.9 Å². The van der Waals surface area contributed by atoms with Crippen LogP contribution in [0.2, 0.25) is 5.02 Å². The first-order chi connectivity index (χ1) is 11.7. The maximum absolute atomic E-state index is 12.5. The molecule has 0 radical (unpaired) electrons. The molecule has 0 aliphatic rings. The van der Waals surface area contributed by atoms with Gasteiger partial charge in [0.15, 0.2) is 0 Å². The molecule has 0 fully saturated rings. The van der Waals surface area contributed by atoms with Crippen LogP contribution in [0.4, 0.5) is 0 Å². The average molecular weight is 337 g/mol. The van der Waals surface area contributed by atoms with Crippen molar-refractivity contribution in [1.82, 2.24) is 0 Å². The van der Waals surface area contributed by atoms with Crippen LogP contribution in [-0.2, 0) is 4.74 Å². The minimum Gasteiger partial charge on any atom is -0.465 e. The first kappa shape index (κ1) is 14.8. The van der Waals surface area contributed by atoms with Crippen LogP contribution in [0.25, 0.3) is 33.1 Å². The Bertz CT molecular complexity index is 1060. The third-order valence-electron chi connectivity index (χ3n) is 4.08. The molecular formula is C20H13ClO3. The minimum absolute atomic E-state index is 0.421. The number of hydrogen-bond donors (Lipinski definition) is 0. The highest BCUT2D eigenvalue weighted by atomic mass is 35.5. The van der Waals surface area contributed by atoms with E-state index in [1.165, 1.54) is 7.11 Å². The molecule has 0 saturated carbocycles. The summed E-state index contributed by atoms with van der Waals surface area (Å²) in [6, 6.07) is 18.9. The van der Waals surface area contributed by atoms with E-state index in [-0.39, 0.29) is 0 Å². The van der Waals surface area contributed by atoms with E-state index in [0.29, 0.717) is 21.9 Å². The van der Waals surface area contributed by atoms with Gasteiger partial charge in [0.25, 0.3) is 0 Å². The summed E-state index contributed by atoms with van der Waals surface area (Å²) >= 11 is 5.96. The number of carbonyl (C=O) groups excluding carboxylic acids is 1. The molecule has 0 bridgehead atoms. The second-order valence-electron chi connectivity index (χ2n) is 5.46. The quantitative estimate of drug-likeness (QED) is 0.441. The summed E-state index contributed by atoms with van der Waals surface area (Å²) in [7, 11) is 1.37. The van der Waals surface area contributed by atoms with Crippen molar-refractivity contribution in [3.63, 3.8) is 0 Å². The Morgan fingerprint density at radius 2 is 1.75 bits per heavy atom. The second-order valence-corrected chi connectivity index (χ2v) is 5.90. The summed E-state index contributed by atoms with van der Waals surface area (Å²) in [4.78, 5) is 12.5. The zero-order valence-corrected chi connectivity index (χ0v) is 13.6. The number of methoxy groups -OCH3 is 1. The molecule has 1 aromatic heterocycles.